The number of fused-ring (bicyclic) bond motifs is 2. The molecule has 2 heterocycles. The topological polar surface area (TPSA) is 39.2 Å². The maximum absolute atomic E-state index is 12.8. The monoisotopic (exact) mass is 355 g/mol. The van der Waals surface area contributed by atoms with Gasteiger partial charge in [-0.15, -0.1) is 0 Å². The van der Waals surface area contributed by atoms with Crippen LogP contribution in [0.4, 0.5) is 0 Å². The number of nitrogens with zero attached hydrogens (tertiary/aromatic N) is 1. The summed E-state index contributed by atoms with van der Waals surface area (Å²) in [6.07, 6.45) is 0. The molecule has 1 aliphatic rings. The Hall–Kier alpha value is -2.16. The molecule has 108 valence electrons. The van der Waals surface area contributed by atoms with Gasteiger partial charge in [-0.25, -0.2) is 0 Å². The Morgan fingerprint density at radius 2 is 1.86 bits per heavy atom. The second kappa shape index (κ2) is 5.24. The fourth-order valence-electron chi connectivity index (χ4n) is 2.50. The van der Waals surface area contributed by atoms with Crippen LogP contribution in [-0.4, -0.2) is 25.3 Å². The number of carbonyl (C=O) groups excluding carboxylic acids is 1. The first-order chi connectivity index (χ1) is 10.7. The van der Waals surface area contributed by atoms with Crippen molar-refractivity contribution in [3.8, 4) is 15.9 Å². The Morgan fingerprint density at radius 3 is 2.68 bits per heavy atom. The number of aryl methyl sites for hydroxylation is 1. The van der Waals surface area contributed by atoms with Crippen molar-refractivity contribution in [2.45, 2.75) is 13.5 Å². The molecule has 0 saturated heterocycles. The number of rotatable bonds is 1. The molecule has 1 aliphatic heterocycles. The molecule has 0 spiro atoms. The van der Waals surface area contributed by atoms with Gasteiger partial charge in [0.1, 0.15) is 0 Å². The summed E-state index contributed by atoms with van der Waals surface area (Å²) >= 11 is -0.0670. The summed E-state index contributed by atoms with van der Waals surface area (Å²) < 4.78 is 7.60. The Morgan fingerprint density at radius 1 is 1.09 bits per heavy atom. The first kappa shape index (κ1) is 13.5. The molecule has 0 radical (unpaired) electrons. The normalized spacial score (nSPS) is 13.0. The van der Waals surface area contributed by atoms with E-state index >= 15 is 0 Å². The van der Waals surface area contributed by atoms with Crippen LogP contribution in [0.15, 0.2) is 48.5 Å². The number of carbonyl (C=O) groups is 1. The van der Waals surface area contributed by atoms with Crippen molar-refractivity contribution < 1.29 is 9.53 Å². The molecule has 0 N–H and O–H groups in total. The van der Waals surface area contributed by atoms with Crippen LogP contribution < -0.4 is 4.74 Å². The number of ketones is 1. The van der Waals surface area contributed by atoms with Crippen LogP contribution in [0.5, 0.6) is 5.75 Å². The Kier molecular flexibility index (Phi) is 3.21. The Bertz CT molecular complexity index is 865. The molecule has 2 aromatic carbocycles. The molecule has 22 heavy (non-hydrogen) atoms. The second-order valence-electron chi connectivity index (χ2n) is 5.27. The van der Waals surface area contributed by atoms with Crippen molar-refractivity contribution in [3.63, 3.8) is 0 Å². The third-order valence-corrected chi connectivity index (χ3v) is 6.10. The van der Waals surface area contributed by atoms with Gasteiger partial charge in [0.05, 0.1) is 0 Å². The molecule has 4 rings (SSSR count). The van der Waals surface area contributed by atoms with E-state index in [1.54, 1.807) is 0 Å². The van der Waals surface area contributed by atoms with Crippen molar-refractivity contribution in [1.29, 1.82) is 0 Å². The van der Waals surface area contributed by atoms with Crippen LogP contribution >= 0.6 is 0 Å². The van der Waals surface area contributed by atoms with Gasteiger partial charge in [0, 0.05) is 0 Å². The molecule has 3 nitrogen and oxygen atoms in total. The van der Waals surface area contributed by atoms with Gasteiger partial charge in [0.25, 0.3) is 0 Å². The fraction of sp³-hybridized carbons (Fsp3) is 0.111. The Balaban J connectivity index is 1.80. The van der Waals surface area contributed by atoms with Gasteiger partial charge in [-0.1, -0.05) is 0 Å². The van der Waals surface area contributed by atoms with Crippen molar-refractivity contribution in [2.24, 2.45) is 0 Å². The Labute approximate surface area is 134 Å². The summed E-state index contributed by atoms with van der Waals surface area (Å²) in [5, 5.41) is 0. The van der Waals surface area contributed by atoms with Crippen molar-refractivity contribution in [2.75, 3.05) is 0 Å². The summed E-state index contributed by atoms with van der Waals surface area (Å²) in [6, 6.07) is 15.7. The average Bonchev–Trinajstić information content (AvgIpc) is 2.92. The van der Waals surface area contributed by atoms with Gasteiger partial charge < -0.3 is 0 Å². The summed E-state index contributed by atoms with van der Waals surface area (Å²) in [5.41, 5.74) is 3.75. The molecule has 0 atom stereocenters. The van der Waals surface area contributed by atoms with Gasteiger partial charge >= 0.3 is 134 Å². The van der Waals surface area contributed by atoms with E-state index in [-0.39, 0.29) is 20.3 Å². The molecule has 0 amide bonds. The van der Waals surface area contributed by atoms with Crippen molar-refractivity contribution in [1.82, 2.24) is 4.98 Å². The molecular weight excluding hydrogens is 341 g/mol. The number of hydrogen-bond donors (Lipinski definition) is 0. The van der Waals surface area contributed by atoms with Crippen LogP contribution in [0, 0.1) is 6.92 Å². The van der Waals surface area contributed by atoms with E-state index in [0.29, 0.717) is 17.9 Å². The van der Waals surface area contributed by atoms with Gasteiger partial charge in [0.2, 0.25) is 0 Å². The SMILES string of the molecule is Cc1ccc(-c2nc3c([se]2)C(=O)c2ccccc2OC3)cc1. The molecule has 0 saturated carbocycles. The van der Waals surface area contributed by atoms with Crippen LogP contribution in [0.2, 0.25) is 0 Å². The summed E-state index contributed by atoms with van der Waals surface area (Å²) in [6.45, 7) is 2.43. The standard InChI is InChI=1S/C18H13NO2Se/c1-11-6-8-12(9-7-11)18-19-14-10-21-15-5-3-2-4-13(15)16(20)17(14)22-18/h2-9H,10H2,1H3. The minimum atomic E-state index is -0.0670. The molecular formula is C18H13NO2Se. The van der Waals surface area contributed by atoms with Crippen LogP contribution in [0.1, 0.15) is 26.1 Å². The number of hydrogen-bond acceptors (Lipinski definition) is 3. The van der Waals surface area contributed by atoms with E-state index in [1.165, 1.54) is 5.56 Å². The third-order valence-electron chi connectivity index (χ3n) is 3.70. The number of ether oxygens (including phenoxy) is 1. The molecule has 0 aliphatic carbocycles. The second-order valence-corrected chi connectivity index (χ2v) is 7.37. The van der Waals surface area contributed by atoms with Gasteiger partial charge in [-0.05, 0) is 0 Å². The average molecular weight is 354 g/mol. The quantitative estimate of drug-likeness (QED) is 0.630. The van der Waals surface area contributed by atoms with Crippen LogP contribution in [-0.2, 0) is 6.61 Å². The van der Waals surface area contributed by atoms with E-state index in [4.69, 9.17) is 4.74 Å². The van der Waals surface area contributed by atoms with Crippen LogP contribution in [0.3, 0.4) is 0 Å². The zero-order chi connectivity index (χ0) is 15.1. The zero-order valence-electron chi connectivity index (χ0n) is 12.0. The number of benzene rings is 2. The first-order valence-electron chi connectivity index (χ1n) is 7.05. The van der Waals surface area contributed by atoms with Crippen molar-refractivity contribution >= 4 is 20.3 Å². The summed E-state index contributed by atoms with van der Waals surface area (Å²) in [4.78, 5) is 17.4. The predicted octanol–water partition coefficient (Wildman–Crippen LogP) is 3.24. The third kappa shape index (κ3) is 2.21. The first-order valence-corrected chi connectivity index (χ1v) is 8.77. The molecule has 3 aromatic rings. The molecule has 1 aromatic heterocycles. The summed E-state index contributed by atoms with van der Waals surface area (Å²) in [5.74, 6) is 0.721. The van der Waals surface area contributed by atoms with Gasteiger partial charge in [0.15, 0.2) is 0 Å². The molecule has 0 fully saturated rings. The minimum absolute atomic E-state index is 0.0639. The summed E-state index contributed by atoms with van der Waals surface area (Å²) in [7, 11) is 0. The van der Waals surface area contributed by atoms with E-state index in [2.05, 4.69) is 36.2 Å². The predicted molar refractivity (Wildman–Crippen MR) is 85.6 cm³/mol. The zero-order valence-corrected chi connectivity index (χ0v) is 13.7. The van der Waals surface area contributed by atoms with Gasteiger partial charge in [-0.2, -0.15) is 0 Å². The number of para-hydroxylation sites is 1. The molecule has 4 heteroatoms. The van der Waals surface area contributed by atoms with Crippen LogP contribution in [0.25, 0.3) is 10.1 Å². The maximum atomic E-state index is 12.8. The van der Waals surface area contributed by atoms with E-state index in [1.807, 2.05) is 24.3 Å². The van der Waals surface area contributed by atoms with Gasteiger partial charge in [-0.3, -0.25) is 0 Å². The van der Waals surface area contributed by atoms with Crippen molar-refractivity contribution in [3.05, 3.63) is 69.8 Å². The fourth-order valence-corrected chi connectivity index (χ4v) is 4.65. The number of aromatic nitrogens is 1. The van der Waals surface area contributed by atoms with E-state index in [0.717, 1.165) is 20.3 Å². The van der Waals surface area contributed by atoms with E-state index in [9.17, 15) is 4.79 Å². The van der Waals surface area contributed by atoms with E-state index < -0.39 is 0 Å². The molecule has 0 unspecified atom stereocenters. The molecule has 0 bridgehead atoms.